The molecule has 2 aromatic carbocycles. The molecule has 0 bridgehead atoms. The van der Waals surface area contributed by atoms with E-state index in [1.807, 2.05) is 60.7 Å². The van der Waals surface area contributed by atoms with Crippen molar-refractivity contribution in [1.29, 1.82) is 0 Å². The molecule has 24 heavy (non-hydrogen) atoms. The van der Waals surface area contributed by atoms with Crippen LogP contribution in [0.25, 0.3) is 11.4 Å². The third kappa shape index (κ3) is 3.74. The van der Waals surface area contributed by atoms with Crippen molar-refractivity contribution in [2.24, 2.45) is 0 Å². The summed E-state index contributed by atoms with van der Waals surface area (Å²) in [6.45, 7) is 0. The maximum absolute atomic E-state index is 4.68. The summed E-state index contributed by atoms with van der Waals surface area (Å²) in [4.78, 5) is 9.34. The van der Waals surface area contributed by atoms with E-state index < -0.39 is 0 Å². The third-order valence-corrected chi connectivity index (χ3v) is 4.33. The highest BCUT2D eigenvalue weighted by atomic mass is 79.9. The normalized spacial score (nSPS) is 13.5. The zero-order valence-electron chi connectivity index (χ0n) is 13.0. The van der Waals surface area contributed by atoms with Crippen LogP contribution >= 0.6 is 15.9 Å². The lowest BCUT2D eigenvalue weighted by atomic mass is 10.2. The third-order valence-electron chi connectivity index (χ3n) is 3.80. The van der Waals surface area contributed by atoms with Crippen LogP contribution in [0.15, 0.2) is 65.1 Å². The molecule has 5 heteroatoms. The summed E-state index contributed by atoms with van der Waals surface area (Å²) in [5, 5.41) is 6.83. The van der Waals surface area contributed by atoms with E-state index in [2.05, 4.69) is 36.5 Å². The van der Waals surface area contributed by atoms with Gasteiger partial charge in [0.1, 0.15) is 11.6 Å². The van der Waals surface area contributed by atoms with E-state index >= 15 is 0 Å². The first-order valence-electron chi connectivity index (χ1n) is 8.00. The van der Waals surface area contributed by atoms with Crippen LogP contribution in [0.3, 0.4) is 0 Å². The molecule has 1 heterocycles. The molecular formula is C19H17BrN4. The number of halogens is 1. The number of rotatable bonds is 5. The lowest BCUT2D eigenvalue weighted by molar-refractivity contribution is 1.09. The van der Waals surface area contributed by atoms with E-state index in [0.29, 0.717) is 6.04 Å². The molecular weight excluding hydrogens is 364 g/mol. The molecule has 1 aromatic heterocycles. The second-order valence-corrected chi connectivity index (χ2v) is 6.79. The fourth-order valence-electron chi connectivity index (χ4n) is 2.42. The van der Waals surface area contributed by atoms with Gasteiger partial charge in [-0.15, -0.1) is 0 Å². The fraction of sp³-hybridized carbons (Fsp3) is 0.158. The van der Waals surface area contributed by atoms with Gasteiger partial charge in [-0.05, 0) is 37.1 Å². The van der Waals surface area contributed by atoms with Crippen LogP contribution in [0.2, 0.25) is 0 Å². The lowest BCUT2D eigenvalue weighted by Crippen LogP contribution is -2.06. The molecule has 1 aliphatic carbocycles. The Labute approximate surface area is 149 Å². The highest BCUT2D eigenvalue weighted by Crippen LogP contribution is 2.27. The van der Waals surface area contributed by atoms with E-state index in [9.17, 15) is 0 Å². The Morgan fingerprint density at radius 2 is 1.58 bits per heavy atom. The summed E-state index contributed by atoms with van der Waals surface area (Å²) in [7, 11) is 0. The molecule has 4 nitrogen and oxygen atoms in total. The van der Waals surface area contributed by atoms with E-state index in [1.165, 1.54) is 12.8 Å². The van der Waals surface area contributed by atoms with Gasteiger partial charge in [-0.25, -0.2) is 9.97 Å². The van der Waals surface area contributed by atoms with E-state index in [0.717, 1.165) is 33.2 Å². The van der Waals surface area contributed by atoms with Crippen LogP contribution in [0.4, 0.5) is 17.3 Å². The van der Waals surface area contributed by atoms with Gasteiger partial charge in [-0.3, -0.25) is 0 Å². The minimum absolute atomic E-state index is 0.545. The van der Waals surface area contributed by atoms with Gasteiger partial charge >= 0.3 is 0 Å². The molecule has 0 amide bonds. The fourth-order valence-corrected chi connectivity index (χ4v) is 2.68. The molecule has 1 aliphatic rings. The maximum Gasteiger partial charge on any atom is 0.163 e. The number of hydrogen-bond donors (Lipinski definition) is 2. The summed E-state index contributed by atoms with van der Waals surface area (Å²) in [5.41, 5.74) is 2.00. The molecule has 4 rings (SSSR count). The van der Waals surface area contributed by atoms with Gasteiger partial charge in [0.15, 0.2) is 5.82 Å². The molecule has 1 fully saturated rings. The highest BCUT2D eigenvalue weighted by molar-refractivity contribution is 9.10. The Morgan fingerprint density at radius 3 is 2.29 bits per heavy atom. The van der Waals surface area contributed by atoms with Gasteiger partial charge in [-0.1, -0.05) is 46.3 Å². The smallest absolute Gasteiger partial charge is 0.163 e. The molecule has 0 spiro atoms. The Bertz CT molecular complexity index is 830. The number of benzene rings is 2. The maximum atomic E-state index is 4.68. The quantitative estimate of drug-likeness (QED) is 0.636. The summed E-state index contributed by atoms with van der Waals surface area (Å²) in [5.74, 6) is 2.38. The van der Waals surface area contributed by atoms with E-state index in [1.54, 1.807) is 0 Å². The Morgan fingerprint density at radius 1 is 0.875 bits per heavy atom. The van der Waals surface area contributed by atoms with Crippen LogP contribution in [0, 0.1) is 0 Å². The van der Waals surface area contributed by atoms with Crippen LogP contribution in [-0.2, 0) is 0 Å². The van der Waals surface area contributed by atoms with Crippen LogP contribution < -0.4 is 10.6 Å². The second-order valence-electron chi connectivity index (χ2n) is 5.88. The topological polar surface area (TPSA) is 49.8 Å². The molecule has 120 valence electrons. The van der Waals surface area contributed by atoms with Crippen LogP contribution in [-0.4, -0.2) is 16.0 Å². The summed E-state index contributed by atoms with van der Waals surface area (Å²) >= 11 is 3.46. The van der Waals surface area contributed by atoms with Gasteiger partial charge in [0.2, 0.25) is 0 Å². The predicted octanol–water partition coefficient (Wildman–Crippen LogP) is 5.22. The minimum atomic E-state index is 0.545. The van der Waals surface area contributed by atoms with Gasteiger partial charge in [0, 0.05) is 27.8 Å². The molecule has 0 aliphatic heterocycles. The molecule has 2 N–H and O–H groups in total. The Hall–Kier alpha value is -2.40. The van der Waals surface area contributed by atoms with Gasteiger partial charge < -0.3 is 10.6 Å². The summed E-state index contributed by atoms with van der Waals surface area (Å²) < 4.78 is 1.05. The highest BCUT2D eigenvalue weighted by Gasteiger charge is 2.22. The van der Waals surface area contributed by atoms with Gasteiger partial charge in [-0.2, -0.15) is 0 Å². The van der Waals surface area contributed by atoms with Crippen molar-refractivity contribution in [2.45, 2.75) is 18.9 Å². The van der Waals surface area contributed by atoms with Crippen molar-refractivity contribution in [2.75, 3.05) is 10.6 Å². The first-order chi connectivity index (χ1) is 11.8. The lowest BCUT2D eigenvalue weighted by Gasteiger charge is -2.11. The zero-order valence-corrected chi connectivity index (χ0v) is 14.6. The molecule has 1 saturated carbocycles. The predicted molar refractivity (Wildman–Crippen MR) is 102 cm³/mol. The van der Waals surface area contributed by atoms with Crippen molar-refractivity contribution in [3.8, 4) is 11.4 Å². The first kappa shape index (κ1) is 15.1. The Balaban J connectivity index is 1.67. The Kier molecular flexibility index (Phi) is 4.17. The SMILES string of the molecule is Brc1ccc(Nc2cc(NC3CC3)nc(-c3ccccc3)n2)cc1. The van der Waals surface area contributed by atoms with Crippen molar-refractivity contribution in [3.63, 3.8) is 0 Å². The average Bonchev–Trinajstić information content (AvgIpc) is 3.42. The average molecular weight is 381 g/mol. The first-order valence-corrected chi connectivity index (χ1v) is 8.79. The number of nitrogens with one attached hydrogen (secondary N) is 2. The van der Waals surface area contributed by atoms with E-state index in [-0.39, 0.29) is 0 Å². The van der Waals surface area contributed by atoms with Crippen LogP contribution in [0.5, 0.6) is 0 Å². The standard InChI is InChI=1S/C19H17BrN4/c20-14-6-8-15(9-7-14)21-17-12-18(22-16-10-11-16)24-19(23-17)13-4-2-1-3-5-13/h1-9,12,16H,10-11H2,(H2,21,22,23,24). The number of nitrogens with zero attached hydrogens (tertiary/aromatic N) is 2. The molecule has 0 saturated heterocycles. The van der Waals surface area contributed by atoms with Crippen molar-refractivity contribution in [1.82, 2.24) is 9.97 Å². The van der Waals surface area contributed by atoms with Crippen molar-refractivity contribution in [3.05, 3.63) is 65.1 Å². The number of aromatic nitrogens is 2. The molecule has 0 radical (unpaired) electrons. The van der Waals surface area contributed by atoms with Crippen molar-refractivity contribution < 1.29 is 0 Å². The summed E-state index contributed by atoms with van der Waals surface area (Å²) in [6.07, 6.45) is 2.42. The molecule has 0 unspecified atom stereocenters. The minimum Gasteiger partial charge on any atom is -0.367 e. The largest absolute Gasteiger partial charge is 0.367 e. The zero-order chi connectivity index (χ0) is 16.4. The van der Waals surface area contributed by atoms with Crippen LogP contribution in [0.1, 0.15) is 12.8 Å². The van der Waals surface area contributed by atoms with Crippen molar-refractivity contribution >= 4 is 33.3 Å². The molecule has 3 aromatic rings. The number of hydrogen-bond acceptors (Lipinski definition) is 4. The molecule has 0 atom stereocenters. The van der Waals surface area contributed by atoms with E-state index in [4.69, 9.17) is 0 Å². The second kappa shape index (κ2) is 6.61. The number of anilines is 3. The summed E-state index contributed by atoms with van der Waals surface area (Å²) in [6, 6.07) is 20.6. The monoisotopic (exact) mass is 380 g/mol. The van der Waals surface area contributed by atoms with Gasteiger partial charge in [0.05, 0.1) is 0 Å². The van der Waals surface area contributed by atoms with Gasteiger partial charge in [0.25, 0.3) is 0 Å².